The molecule has 2 aliphatic heterocycles. The number of aliphatic hydroxyl groups is 1. The van der Waals surface area contributed by atoms with E-state index in [1.165, 1.54) is 12.3 Å². The maximum absolute atomic E-state index is 11.9. The van der Waals surface area contributed by atoms with Gasteiger partial charge in [-0.2, -0.15) is 8.42 Å². The van der Waals surface area contributed by atoms with Crippen LogP contribution in [0.3, 0.4) is 0 Å². The molecule has 8 heteroatoms. The molecule has 3 aromatic rings. The largest absolute Gasteiger partial charge is 0.492 e. The van der Waals surface area contributed by atoms with E-state index in [9.17, 15) is 8.42 Å². The van der Waals surface area contributed by atoms with Gasteiger partial charge in [0, 0.05) is 6.61 Å². The summed E-state index contributed by atoms with van der Waals surface area (Å²) >= 11 is 0. The van der Waals surface area contributed by atoms with Crippen molar-refractivity contribution >= 4 is 16.0 Å². The molecule has 2 aliphatic rings. The van der Waals surface area contributed by atoms with Crippen molar-refractivity contribution in [2.75, 3.05) is 13.2 Å². The van der Waals surface area contributed by atoms with Crippen molar-refractivity contribution in [2.45, 2.75) is 24.7 Å². The smallest absolute Gasteiger partial charge is 0.381 e. The Labute approximate surface area is 205 Å². The third-order valence-corrected chi connectivity index (χ3v) is 6.45. The summed E-state index contributed by atoms with van der Waals surface area (Å²) in [6.07, 6.45) is 1.42. The molecular formula is C27H27NO6S. The highest BCUT2D eigenvalue weighted by molar-refractivity contribution is 7.85. The number of fused-ring (bicyclic) bond motifs is 1. The van der Waals surface area contributed by atoms with Crippen LogP contribution in [0.2, 0.25) is 0 Å². The van der Waals surface area contributed by atoms with E-state index in [1.807, 2.05) is 91.0 Å². The molecule has 3 aromatic carbocycles. The van der Waals surface area contributed by atoms with E-state index in [4.69, 9.17) is 18.8 Å². The van der Waals surface area contributed by atoms with Gasteiger partial charge in [-0.05, 0) is 29.7 Å². The zero-order chi connectivity index (χ0) is 24.7. The molecule has 0 aliphatic carbocycles. The number of ether oxygens (including phenoxy) is 2. The Morgan fingerprint density at radius 2 is 1.34 bits per heavy atom. The zero-order valence-corrected chi connectivity index (χ0v) is 20.0. The first-order chi connectivity index (χ1) is 17.0. The number of nitrogens with zero attached hydrogens (tertiary/aromatic N) is 1. The van der Waals surface area contributed by atoms with Gasteiger partial charge in [0.15, 0.2) is 12.2 Å². The third kappa shape index (κ3) is 5.36. The molecule has 35 heavy (non-hydrogen) atoms. The van der Waals surface area contributed by atoms with Gasteiger partial charge in [0.1, 0.15) is 5.60 Å². The average Bonchev–Trinajstić information content (AvgIpc) is 3.21. The van der Waals surface area contributed by atoms with E-state index in [2.05, 4.69) is 4.40 Å². The lowest BCUT2D eigenvalue weighted by atomic mass is 9.80. The van der Waals surface area contributed by atoms with Crippen molar-refractivity contribution in [1.82, 2.24) is 0 Å². The molecule has 7 nitrogen and oxygen atoms in total. The van der Waals surface area contributed by atoms with E-state index in [-0.39, 0.29) is 13.2 Å². The van der Waals surface area contributed by atoms with Crippen LogP contribution in [0.4, 0.5) is 0 Å². The van der Waals surface area contributed by atoms with Crippen LogP contribution in [0.25, 0.3) is 0 Å². The van der Waals surface area contributed by atoms with Gasteiger partial charge in [0.05, 0.1) is 18.6 Å². The van der Waals surface area contributed by atoms with Gasteiger partial charge in [-0.15, -0.1) is 4.40 Å². The summed E-state index contributed by atoms with van der Waals surface area (Å²) in [7, 11) is -3.97. The fraction of sp³-hybridized carbons (Fsp3) is 0.222. The summed E-state index contributed by atoms with van der Waals surface area (Å²) < 4.78 is 45.0. The van der Waals surface area contributed by atoms with Crippen molar-refractivity contribution in [2.24, 2.45) is 4.40 Å². The second kappa shape index (κ2) is 11.0. The predicted molar refractivity (Wildman–Crippen MR) is 133 cm³/mol. The SMILES string of the molecule is CCO.O=S1(=O)N=C2C=CO[C@H](COC(c3ccccc3)(c3ccccc3)c3ccccc3)[C@H]2O1. The van der Waals surface area contributed by atoms with Gasteiger partial charge < -0.3 is 14.6 Å². The van der Waals surface area contributed by atoms with Crippen molar-refractivity contribution in [3.05, 3.63) is 120 Å². The lowest BCUT2D eigenvalue weighted by Gasteiger charge is -2.37. The normalized spacial score (nSPS) is 20.1. The van der Waals surface area contributed by atoms with Crippen molar-refractivity contribution < 1.29 is 27.2 Å². The van der Waals surface area contributed by atoms with Crippen LogP contribution in [-0.4, -0.2) is 44.7 Å². The second-order valence-electron chi connectivity index (χ2n) is 7.84. The van der Waals surface area contributed by atoms with Crippen LogP contribution >= 0.6 is 0 Å². The van der Waals surface area contributed by atoms with Crippen LogP contribution in [0.5, 0.6) is 0 Å². The van der Waals surface area contributed by atoms with Gasteiger partial charge in [0.2, 0.25) is 0 Å². The van der Waals surface area contributed by atoms with Gasteiger partial charge in [0.25, 0.3) is 0 Å². The first-order valence-electron chi connectivity index (χ1n) is 11.3. The molecule has 0 saturated heterocycles. The molecule has 2 atom stereocenters. The Bertz CT molecular complexity index is 1160. The summed E-state index contributed by atoms with van der Waals surface area (Å²) in [4.78, 5) is 0. The maximum Gasteiger partial charge on any atom is 0.381 e. The maximum atomic E-state index is 11.9. The number of hydrogen-bond donors (Lipinski definition) is 1. The molecule has 1 N–H and O–H groups in total. The minimum atomic E-state index is -3.97. The van der Waals surface area contributed by atoms with Crippen LogP contribution < -0.4 is 0 Å². The quantitative estimate of drug-likeness (QED) is 0.522. The Morgan fingerprint density at radius 3 is 1.80 bits per heavy atom. The van der Waals surface area contributed by atoms with E-state index >= 15 is 0 Å². The first-order valence-corrected chi connectivity index (χ1v) is 12.6. The molecule has 0 spiro atoms. The summed E-state index contributed by atoms with van der Waals surface area (Å²) in [6, 6.07) is 29.8. The molecule has 0 radical (unpaired) electrons. The molecule has 0 amide bonds. The highest BCUT2D eigenvalue weighted by Crippen LogP contribution is 2.41. The minimum Gasteiger partial charge on any atom is -0.492 e. The van der Waals surface area contributed by atoms with Gasteiger partial charge >= 0.3 is 10.3 Å². The van der Waals surface area contributed by atoms with Gasteiger partial charge in [-0.25, -0.2) is 4.18 Å². The lowest BCUT2D eigenvalue weighted by molar-refractivity contribution is -0.0634. The molecule has 0 saturated carbocycles. The van der Waals surface area contributed by atoms with Crippen LogP contribution in [0.1, 0.15) is 23.6 Å². The Kier molecular flexibility index (Phi) is 7.77. The molecule has 0 fully saturated rings. The number of hydrogen-bond acceptors (Lipinski definition) is 6. The minimum absolute atomic E-state index is 0.0717. The van der Waals surface area contributed by atoms with E-state index in [0.29, 0.717) is 5.71 Å². The monoisotopic (exact) mass is 493 g/mol. The van der Waals surface area contributed by atoms with Crippen molar-refractivity contribution in [3.63, 3.8) is 0 Å². The summed E-state index contributed by atoms with van der Waals surface area (Å²) in [5.41, 5.74) is 2.20. The molecule has 0 aromatic heterocycles. The Balaban J connectivity index is 0.000000917. The molecule has 5 rings (SSSR count). The summed E-state index contributed by atoms with van der Waals surface area (Å²) in [6.45, 7) is 2.00. The Hall–Kier alpha value is -3.30. The first kappa shape index (κ1) is 24.8. The highest BCUT2D eigenvalue weighted by Gasteiger charge is 2.44. The molecule has 0 bridgehead atoms. The standard InChI is InChI=1S/C25H21NO5S.C2H6O/c27-32(28)26-22-16-17-29-23(24(22)31-32)18-30-25(19-10-4-1-5-11-19,20-12-6-2-7-13-20)21-14-8-3-9-15-21;1-2-3/h1-17,23-24H,18H2;3H,2H2,1H3/t23-,24+;/m1./s1. The lowest BCUT2D eigenvalue weighted by Crippen LogP contribution is -2.43. The predicted octanol–water partition coefficient (Wildman–Crippen LogP) is 3.99. The third-order valence-electron chi connectivity index (χ3n) is 5.57. The fourth-order valence-electron chi connectivity index (χ4n) is 4.14. The summed E-state index contributed by atoms with van der Waals surface area (Å²) in [5.74, 6) is 0. The molecule has 2 heterocycles. The highest BCUT2D eigenvalue weighted by atomic mass is 32.2. The fourth-order valence-corrected chi connectivity index (χ4v) is 5.09. The molecular weight excluding hydrogens is 466 g/mol. The number of aliphatic hydroxyl groups excluding tert-OH is 1. The molecule has 0 unspecified atom stereocenters. The Morgan fingerprint density at radius 1 is 0.886 bits per heavy atom. The van der Waals surface area contributed by atoms with E-state index in [0.717, 1.165) is 16.7 Å². The second-order valence-corrected chi connectivity index (χ2v) is 9.07. The van der Waals surface area contributed by atoms with Crippen molar-refractivity contribution in [1.29, 1.82) is 0 Å². The van der Waals surface area contributed by atoms with E-state index < -0.39 is 28.1 Å². The van der Waals surface area contributed by atoms with Crippen molar-refractivity contribution in [3.8, 4) is 0 Å². The number of rotatable bonds is 6. The van der Waals surface area contributed by atoms with Crippen LogP contribution in [0.15, 0.2) is 108 Å². The van der Waals surface area contributed by atoms with Gasteiger partial charge in [-0.1, -0.05) is 91.0 Å². The zero-order valence-electron chi connectivity index (χ0n) is 19.2. The van der Waals surface area contributed by atoms with Crippen LogP contribution in [0, 0.1) is 0 Å². The summed E-state index contributed by atoms with van der Waals surface area (Å²) in [5, 5.41) is 7.57. The van der Waals surface area contributed by atoms with Crippen LogP contribution in [-0.2, 0) is 29.6 Å². The number of benzene rings is 3. The molecule has 182 valence electrons. The van der Waals surface area contributed by atoms with E-state index in [1.54, 1.807) is 6.92 Å². The topological polar surface area (TPSA) is 94.4 Å². The average molecular weight is 494 g/mol. The van der Waals surface area contributed by atoms with Gasteiger partial charge in [-0.3, -0.25) is 0 Å².